The van der Waals surface area contributed by atoms with Gasteiger partial charge in [0.15, 0.2) is 0 Å². The third kappa shape index (κ3) is 5.64. The molecule has 2 aromatic rings. The number of amides is 1. The lowest BCUT2D eigenvalue weighted by atomic mass is 10.1. The highest BCUT2D eigenvalue weighted by Crippen LogP contribution is 2.19. The number of primary amides is 1. The summed E-state index contributed by atoms with van der Waals surface area (Å²) in [5.41, 5.74) is 13.4. The smallest absolute Gasteiger partial charge is 0.328 e. The van der Waals surface area contributed by atoms with Crippen LogP contribution >= 0.6 is 0 Å². The van der Waals surface area contributed by atoms with E-state index in [9.17, 15) is 14.4 Å². The van der Waals surface area contributed by atoms with E-state index in [0.717, 1.165) is 22.9 Å². The van der Waals surface area contributed by atoms with Crippen molar-refractivity contribution in [3.8, 4) is 0 Å². The van der Waals surface area contributed by atoms with Crippen molar-refractivity contribution in [1.82, 2.24) is 4.98 Å². The van der Waals surface area contributed by atoms with Crippen molar-refractivity contribution in [2.24, 2.45) is 11.5 Å². The summed E-state index contributed by atoms with van der Waals surface area (Å²) in [5, 5.41) is 16.6. The van der Waals surface area contributed by atoms with E-state index in [1.165, 1.54) is 0 Å². The van der Waals surface area contributed by atoms with E-state index < -0.39 is 17.8 Å². The predicted molar refractivity (Wildman–Crippen MR) is 84.0 cm³/mol. The van der Waals surface area contributed by atoms with Gasteiger partial charge in [-0.2, -0.15) is 0 Å². The second-order valence-corrected chi connectivity index (χ2v) is 4.49. The molecule has 0 unspecified atom stereocenters. The van der Waals surface area contributed by atoms with Gasteiger partial charge >= 0.3 is 11.9 Å². The van der Waals surface area contributed by atoms with Crippen LogP contribution in [-0.2, 0) is 16.0 Å². The van der Waals surface area contributed by atoms with Gasteiger partial charge in [0.1, 0.15) is 0 Å². The number of hydrogen-bond acceptors (Lipinski definition) is 4. The maximum atomic E-state index is 11.0. The Kier molecular flexibility index (Phi) is 6.50. The summed E-state index contributed by atoms with van der Waals surface area (Å²) in [6, 6.07) is 5.38. The number of benzene rings is 1. The summed E-state index contributed by atoms with van der Waals surface area (Å²) < 4.78 is 0. The first kappa shape index (κ1) is 17.9. The van der Waals surface area contributed by atoms with Crippen LogP contribution in [0, 0.1) is 0 Å². The Labute approximate surface area is 131 Å². The Morgan fingerprint density at radius 2 is 1.74 bits per heavy atom. The first-order valence-corrected chi connectivity index (χ1v) is 6.59. The summed E-state index contributed by atoms with van der Waals surface area (Å²) in [5.74, 6) is -2.92. The molecule has 0 saturated carbocycles. The van der Waals surface area contributed by atoms with Gasteiger partial charge in [-0.3, -0.25) is 4.79 Å². The van der Waals surface area contributed by atoms with E-state index in [1.807, 2.05) is 12.3 Å². The van der Waals surface area contributed by atoms with Crippen LogP contribution in [0.1, 0.15) is 15.9 Å². The van der Waals surface area contributed by atoms with Gasteiger partial charge in [0.25, 0.3) is 0 Å². The maximum Gasteiger partial charge on any atom is 0.328 e. The molecule has 0 saturated heterocycles. The molecule has 1 aromatic carbocycles. The number of carbonyl (C=O) groups is 3. The van der Waals surface area contributed by atoms with Crippen molar-refractivity contribution in [3.63, 3.8) is 0 Å². The highest BCUT2D eigenvalue weighted by atomic mass is 16.4. The molecule has 0 bridgehead atoms. The fraction of sp³-hybridized carbons (Fsp3) is 0.133. The lowest BCUT2D eigenvalue weighted by molar-refractivity contribution is -0.134. The lowest BCUT2D eigenvalue weighted by Gasteiger charge is -1.98. The summed E-state index contributed by atoms with van der Waals surface area (Å²) in [6.45, 7) is 0.591. The van der Waals surface area contributed by atoms with Gasteiger partial charge in [-0.05, 0) is 36.7 Å². The fourth-order valence-electron chi connectivity index (χ4n) is 1.84. The molecule has 0 atom stereocenters. The molecule has 0 aliphatic carbocycles. The Hall–Kier alpha value is -3.13. The molecule has 0 fully saturated rings. The van der Waals surface area contributed by atoms with Crippen molar-refractivity contribution < 1.29 is 24.6 Å². The van der Waals surface area contributed by atoms with Gasteiger partial charge in [-0.15, -0.1) is 0 Å². The largest absolute Gasteiger partial charge is 0.478 e. The van der Waals surface area contributed by atoms with Gasteiger partial charge < -0.3 is 26.7 Å². The second kappa shape index (κ2) is 8.35. The monoisotopic (exact) mass is 319 g/mol. The standard InChI is InChI=1S/C11H13N3O.C4H4O4/c12-4-3-8-6-14-10-2-1-7(11(13)15)5-9(8)10;5-3(6)1-2-4(7)8/h1-2,5-6,14H,3-4,12H2,(H2,13,15);1-2H,(H,5,6)(H,7,8)/b;2-1+. The second-order valence-electron chi connectivity index (χ2n) is 4.49. The van der Waals surface area contributed by atoms with E-state index >= 15 is 0 Å². The minimum absolute atomic E-state index is 0.406. The average molecular weight is 319 g/mol. The zero-order valence-electron chi connectivity index (χ0n) is 12.2. The minimum atomic E-state index is -1.26. The summed E-state index contributed by atoms with van der Waals surface area (Å²) in [6.07, 6.45) is 3.83. The molecule has 2 rings (SSSR count). The topological polar surface area (TPSA) is 160 Å². The molecular weight excluding hydrogens is 302 g/mol. The number of aromatic nitrogens is 1. The number of carboxylic acids is 2. The summed E-state index contributed by atoms with van der Waals surface area (Å²) in [4.78, 5) is 33.3. The van der Waals surface area contributed by atoms with Crippen LogP contribution in [0.2, 0.25) is 0 Å². The Bertz CT molecular complexity index is 733. The molecule has 1 aromatic heterocycles. The number of aromatic amines is 1. The van der Waals surface area contributed by atoms with Crippen molar-refractivity contribution in [2.45, 2.75) is 6.42 Å². The first-order valence-electron chi connectivity index (χ1n) is 6.59. The van der Waals surface area contributed by atoms with Crippen LogP contribution < -0.4 is 11.5 Å². The van der Waals surface area contributed by atoms with Gasteiger partial charge in [0.2, 0.25) is 5.91 Å². The van der Waals surface area contributed by atoms with Crippen molar-refractivity contribution in [1.29, 1.82) is 0 Å². The van der Waals surface area contributed by atoms with E-state index in [0.29, 0.717) is 24.3 Å². The van der Waals surface area contributed by atoms with E-state index in [4.69, 9.17) is 21.7 Å². The highest BCUT2D eigenvalue weighted by molar-refractivity contribution is 5.97. The summed E-state index contributed by atoms with van der Waals surface area (Å²) in [7, 11) is 0. The Morgan fingerprint density at radius 3 is 2.22 bits per heavy atom. The van der Waals surface area contributed by atoms with Crippen LogP contribution in [0.3, 0.4) is 0 Å². The zero-order valence-corrected chi connectivity index (χ0v) is 12.2. The molecule has 0 aliphatic heterocycles. The molecule has 8 nitrogen and oxygen atoms in total. The minimum Gasteiger partial charge on any atom is -0.478 e. The number of H-pyrrole nitrogens is 1. The molecule has 122 valence electrons. The van der Waals surface area contributed by atoms with Crippen LogP contribution in [0.5, 0.6) is 0 Å². The third-order valence-corrected chi connectivity index (χ3v) is 2.83. The molecule has 1 heterocycles. The molecule has 23 heavy (non-hydrogen) atoms. The first-order chi connectivity index (χ1) is 10.8. The number of aliphatic carboxylic acids is 2. The molecule has 8 heteroatoms. The number of carboxylic acid groups (broad SMARTS) is 2. The van der Waals surface area contributed by atoms with Crippen molar-refractivity contribution in [2.75, 3.05) is 6.54 Å². The van der Waals surface area contributed by atoms with E-state index in [-0.39, 0.29) is 0 Å². The third-order valence-electron chi connectivity index (χ3n) is 2.83. The van der Waals surface area contributed by atoms with E-state index in [2.05, 4.69) is 4.98 Å². The van der Waals surface area contributed by atoms with Crippen LogP contribution in [0.15, 0.2) is 36.5 Å². The average Bonchev–Trinajstić information content (AvgIpc) is 2.88. The van der Waals surface area contributed by atoms with Crippen LogP contribution in [0.25, 0.3) is 10.9 Å². The predicted octanol–water partition coefficient (Wildman–Crippen LogP) is 0.480. The molecular formula is C15H17N3O5. The molecule has 1 amide bonds. The lowest BCUT2D eigenvalue weighted by Crippen LogP contribution is -2.10. The quantitative estimate of drug-likeness (QED) is 0.504. The molecule has 0 spiro atoms. The number of nitrogens with one attached hydrogen (secondary N) is 1. The Balaban J connectivity index is 0.000000284. The number of rotatable bonds is 5. The van der Waals surface area contributed by atoms with Crippen molar-refractivity contribution >= 4 is 28.7 Å². The highest BCUT2D eigenvalue weighted by Gasteiger charge is 2.06. The summed E-state index contributed by atoms with van der Waals surface area (Å²) >= 11 is 0. The maximum absolute atomic E-state index is 11.0. The molecule has 7 N–H and O–H groups in total. The van der Waals surface area contributed by atoms with Crippen LogP contribution in [0.4, 0.5) is 0 Å². The normalized spacial score (nSPS) is 10.3. The number of fused-ring (bicyclic) bond motifs is 1. The van der Waals surface area contributed by atoms with Gasteiger partial charge in [-0.25, -0.2) is 9.59 Å². The van der Waals surface area contributed by atoms with Gasteiger partial charge in [0.05, 0.1) is 0 Å². The van der Waals surface area contributed by atoms with Gasteiger partial charge in [-0.1, -0.05) is 0 Å². The fourth-order valence-corrected chi connectivity index (χ4v) is 1.84. The van der Waals surface area contributed by atoms with Gasteiger partial charge in [0, 0.05) is 34.8 Å². The number of carbonyl (C=O) groups excluding carboxylic acids is 1. The van der Waals surface area contributed by atoms with Crippen LogP contribution in [-0.4, -0.2) is 39.6 Å². The van der Waals surface area contributed by atoms with E-state index in [1.54, 1.807) is 12.1 Å². The van der Waals surface area contributed by atoms with Crippen molar-refractivity contribution in [3.05, 3.63) is 47.7 Å². The number of hydrogen-bond donors (Lipinski definition) is 5. The zero-order chi connectivity index (χ0) is 17.4. The Morgan fingerprint density at radius 1 is 1.13 bits per heavy atom. The SMILES string of the molecule is NCCc1c[nH]c2ccc(C(N)=O)cc12.O=C(O)/C=C/C(=O)O. The number of nitrogens with two attached hydrogens (primary N) is 2. The molecule has 0 aliphatic rings. The molecule has 0 radical (unpaired) electrons.